The standard InChI is InChI=1S/C19H22N2O3/c1-2-24-18-9-3-15(4-10-18)19(22)20-16-5-7-17(8-6-16)21-11-13-23-14-12-21/h3-10H,2,11-14H2,1H3,(H,20,22). The molecule has 0 bridgehead atoms. The maximum Gasteiger partial charge on any atom is 0.255 e. The molecule has 0 atom stereocenters. The Morgan fingerprint density at radius 1 is 1.08 bits per heavy atom. The molecule has 1 saturated heterocycles. The Balaban J connectivity index is 1.61. The Hall–Kier alpha value is -2.53. The zero-order valence-corrected chi connectivity index (χ0v) is 13.8. The van der Waals surface area contributed by atoms with Gasteiger partial charge >= 0.3 is 0 Å². The van der Waals surface area contributed by atoms with E-state index in [1.165, 1.54) is 0 Å². The van der Waals surface area contributed by atoms with Crippen LogP contribution in [-0.4, -0.2) is 38.8 Å². The topological polar surface area (TPSA) is 50.8 Å². The van der Waals surface area contributed by atoms with Gasteiger partial charge in [-0.2, -0.15) is 0 Å². The largest absolute Gasteiger partial charge is 0.494 e. The lowest BCUT2D eigenvalue weighted by Gasteiger charge is -2.28. The summed E-state index contributed by atoms with van der Waals surface area (Å²) in [7, 11) is 0. The molecular weight excluding hydrogens is 304 g/mol. The molecule has 5 nitrogen and oxygen atoms in total. The van der Waals surface area contributed by atoms with Crippen LogP contribution in [0.5, 0.6) is 5.75 Å². The van der Waals surface area contributed by atoms with E-state index in [0.717, 1.165) is 43.4 Å². The minimum absolute atomic E-state index is 0.128. The summed E-state index contributed by atoms with van der Waals surface area (Å²) < 4.78 is 10.7. The van der Waals surface area contributed by atoms with Gasteiger partial charge in [-0.3, -0.25) is 4.79 Å². The van der Waals surface area contributed by atoms with Crippen LogP contribution in [0.3, 0.4) is 0 Å². The average Bonchev–Trinajstić information content (AvgIpc) is 2.64. The first-order valence-corrected chi connectivity index (χ1v) is 8.23. The van der Waals surface area contributed by atoms with Crippen molar-refractivity contribution in [1.29, 1.82) is 0 Å². The maximum atomic E-state index is 12.3. The summed E-state index contributed by atoms with van der Waals surface area (Å²) in [4.78, 5) is 14.6. The number of morpholine rings is 1. The maximum absolute atomic E-state index is 12.3. The number of amides is 1. The monoisotopic (exact) mass is 326 g/mol. The first-order chi connectivity index (χ1) is 11.8. The normalized spacial score (nSPS) is 14.3. The SMILES string of the molecule is CCOc1ccc(C(=O)Nc2ccc(N3CCOCC3)cc2)cc1. The predicted molar refractivity (Wildman–Crippen MR) is 95.0 cm³/mol. The van der Waals surface area contributed by atoms with Crippen LogP contribution >= 0.6 is 0 Å². The van der Waals surface area contributed by atoms with Gasteiger partial charge in [-0.05, 0) is 55.5 Å². The summed E-state index contributed by atoms with van der Waals surface area (Å²) in [6, 6.07) is 15.1. The van der Waals surface area contributed by atoms with Gasteiger partial charge in [-0.25, -0.2) is 0 Å². The molecule has 1 fully saturated rings. The summed E-state index contributed by atoms with van der Waals surface area (Å²) in [6.07, 6.45) is 0. The van der Waals surface area contributed by atoms with Crippen molar-refractivity contribution in [1.82, 2.24) is 0 Å². The molecule has 126 valence electrons. The summed E-state index contributed by atoms with van der Waals surface area (Å²) in [6.45, 7) is 5.87. The Bertz CT molecular complexity index is 662. The van der Waals surface area contributed by atoms with Gasteiger partial charge in [0, 0.05) is 30.0 Å². The van der Waals surface area contributed by atoms with Crippen LogP contribution in [0.25, 0.3) is 0 Å². The predicted octanol–water partition coefficient (Wildman–Crippen LogP) is 3.17. The molecule has 0 spiro atoms. The van der Waals surface area contributed by atoms with Crippen LogP contribution in [-0.2, 0) is 4.74 Å². The molecule has 1 N–H and O–H groups in total. The quantitative estimate of drug-likeness (QED) is 0.917. The van der Waals surface area contributed by atoms with Gasteiger partial charge in [0.1, 0.15) is 5.75 Å². The molecule has 3 rings (SSSR count). The van der Waals surface area contributed by atoms with Gasteiger partial charge in [0.25, 0.3) is 5.91 Å². The van der Waals surface area contributed by atoms with Crippen molar-refractivity contribution in [3.05, 3.63) is 54.1 Å². The van der Waals surface area contributed by atoms with Crippen molar-refractivity contribution in [3.63, 3.8) is 0 Å². The number of nitrogens with zero attached hydrogens (tertiary/aromatic N) is 1. The van der Waals surface area contributed by atoms with E-state index in [0.29, 0.717) is 12.2 Å². The Kier molecular flexibility index (Phi) is 5.33. The number of hydrogen-bond donors (Lipinski definition) is 1. The van der Waals surface area contributed by atoms with E-state index in [1.54, 1.807) is 24.3 Å². The number of benzene rings is 2. The second-order valence-electron chi connectivity index (χ2n) is 5.56. The fourth-order valence-corrected chi connectivity index (χ4v) is 2.65. The van der Waals surface area contributed by atoms with E-state index in [1.807, 2.05) is 31.2 Å². The highest BCUT2D eigenvalue weighted by Gasteiger charge is 2.11. The minimum Gasteiger partial charge on any atom is -0.494 e. The van der Waals surface area contributed by atoms with Crippen LogP contribution in [0.4, 0.5) is 11.4 Å². The highest BCUT2D eigenvalue weighted by atomic mass is 16.5. The summed E-state index contributed by atoms with van der Waals surface area (Å²) >= 11 is 0. The first kappa shape index (κ1) is 16.3. The van der Waals surface area contributed by atoms with E-state index in [9.17, 15) is 4.79 Å². The molecule has 2 aromatic rings. The van der Waals surface area contributed by atoms with Crippen LogP contribution in [0.2, 0.25) is 0 Å². The number of nitrogens with one attached hydrogen (secondary N) is 1. The van der Waals surface area contributed by atoms with E-state index in [4.69, 9.17) is 9.47 Å². The van der Waals surface area contributed by atoms with E-state index >= 15 is 0 Å². The van der Waals surface area contributed by atoms with Crippen molar-refractivity contribution in [2.24, 2.45) is 0 Å². The summed E-state index contributed by atoms with van der Waals surface area (Å²) in [5.41, 5.74) is 2.54. The Morgan fingerprint density at radius 2 is 1.75 bits per heavy atom. The van der Waals surface area contributed by atoms with E-state index in [2.05, 4.69) is 10.2 Å². The highest BCUT2D eigenvalue weighted by molar-refractivity contribution is 6.04. The number of rotatable bonds is 5. The van der Waals surface area contributed by atoms with Gasteiger partial charge in [-0.15, -0.1) is 0 Å². The molecule has 0 saturated carbocycles. The lowest BCUT2D eigenvalue weighted by Crippen LogP contribution is -2.36. The first-order valence-electron chi connectivity index (χ1n) is 8.23. The molecule has 1 heterocycles. The number of carbonyl (C=O) groups excluding carboxylic acids is 1. The van der Waals surface area contributed by atoms with Crippen LogP contribution < -0.4 is 15.0 Å². The zero-order valence-electron chi connectivity index (χ0n) is 13.8. The molecule has 0 unspecified atom stereocenters. The Morgan fingerprint density at radius 3 is 2.38 bits per heavy atom. The van der Waals surface area contributed by atoms with E-state index < -0.39 is 0 Å². The van der Waals surface area contributed by atoms with Gasteiger partial charge < -0.3 is 19.7 Å². The van der Waals surface area contributed by atoms with Crippen LogP contribution in [0, 0.1) is 0 Å². The third kappa shape index (κ3) is 4.06. The summed E-state index contributed by atoms with van der Waals surface area (Å²) in [5, 5.41) is 2.92. The lowest BCUT2D eigenvalue weighted by atomic mass is 10.2. The molecule has 1 aliphatic heterocycles. The van der Waals surface area contributed by atoms with Crippen LogP contribution in [0.1, 0.15) is 17.3 Å². The molecule has 0 radical (unpaired) electrons. The highest BCUT2D eigenvalue weighted by Crippen LogP contribution is 2.20. The lowest BCUT2D eigenvalue weighted by molar-refractivity contribution is 0.102. The molecule has 1 amide bonds. The van der Waals surface area contributed by atoms with Gasteiger partial charge in [-0.1, -0.05) is 0 Å². The zero-order chi connectivity index (χ0) is 16.8. The molecule has 0 aromatic heterocycles. The second-order valence-corrected chi connectivity index (χ2v) is 5.56. The molecule has 1 aliphatic rings. The van der Waals surface area contributed by atoms with E-state index in [-0.39, 0.29) is 5.91 Å². The molecule has 5 heteroatoms. The van der Waals surface area contributed by atoms with Crippen molar-refractivity contribution >= 4 is 17.3 Å². The number of anilines is 2. The number of ether oxygens (including phenoxy) is 2. The number of hydrogen-bond acceptors (Lipinski definition) is 4. The molecule has 2 aromatic carbocycles. The van der Waals surface area contributed by atoms with Gasteiger partial charge in [0.05, 0.1) is 19.8 Å². The second kappa shape index (κ2) is 7.84. The smallest absolute Gasteiger partial charge is 0.255 e. The summed E-state index contributed by atoms with van der Waals surface area (Å²) in [5.74, 6) is 0.640. The molecular formula is C19H22N2O3. The average molecular weight is 326 g/mol. The molecule has 0 aliphatic carbocycles. The minimum atomic E-state index is -0.128. The van der Waals surface area contributed by atoms with Crippen molar-refractivity contribution in [2.75, 3.05) is 43.1 Å². The Labute approximate surface area is 142 Å². The van der Waals surface area contributed by atoms with Crippen molar-refractivity contribution in [3.8, 4) is 5.75 Å². The van der Waals surface area contributed by atoms with Crippen molar-refractivity contribution < 1.29 is 14.3 Å². The van der Waals surface area contributed by atoms with Crippen molar-refractivity contribution in [2.45, 2.75) is 6.92 Å². The number of carbonyl (C=O) groups is 1. The van der Waals surface area contributed by atoms with Crippen LogP contribution in [0.15, 0.2) is 48.5 Å². The fraction of sp³-hybridized carbons (Fsp3) is 0.316. The third-order valence-corrected chi connectivity index (χ3v) is 3.93. The fourth-order valence-electron chi connectivity index (χ4n) is 2.65. The van der Waals surface area contributed by atoms with Gasteiger partial charge in [0.2, 0.25) is 0 Å². The molecule has 24 heavy (non-hydrogen) atoms. The van der Waals surface area contributed by atoms with Gasteiger partial charge in [0.15, 0.2) is 0 Å². The third-order valence-electron chi connectivity index (χ3n) is 3.93.